The molecule has 0 aliphatic carbocycles. The van der Waals surface area contributed by atoms with E-state index in [4.69, 9.17) is 5.11 Å². The van der Waals surface area contributed by atoms with Crippen molar-refractivity contribution in [3.63, 3.8) is 0 Å². The molecular formula is C14H16F2N2O3. The standard InChI is InChI=1S/C14H16F2N2O3/c1-8-5-18(6-12(8)14(20)21)7-13(19)17-11-3-9(15)2-10(16)4-11/h2-4,8,12H,5-7H2,1H3,(H,17,19)(H,20,21)/t8-,12-/m1/s1. The number of benzene rings is 1. The predicted octanol–water partition coefficient (Wildman–Crippen LogP) is 1.56. The number of carbonyl (C=O) groups excluding carboxylic acids is 1. The van der Waals surface area contributed by atoms with Crippen LogP contribution < -0.4 is 5.32 Å². The highest BCUT2D eigenvalue weighted by atomic mass is 19.1. The molecule has 1 aromatic rings. The lowest BCUT2D eigenvalue weighted by Crippen LogP contribution is -2.32. The fraction of sp³-hybridized carbons (Fsp3) is 0.429. The molecule has 114 valence electrons. The second-order valence-electron chi connectivity index (χ2n) is 5.32. The van der Waals surface area contributed by atoms with Crippen molar-refractivity contribution in [2.75, 3.05) is 25.0 Å². The molecule has 5 nitrogen and oxygen atoms in total. The van der Waals surface area contributed by atoms with Crippen molar-refractivity contribution >= 4 is 17.6 Å². The number of hydrogen-bond acceptors (Lipinski definition) is 3. The van der Waals surface area contributed by atoms with Crippen LogP contribution in [0.1, 0.15) is 6.92 Å². The van der Waals surface area contributed by atoms with Gasteiger partial charge in [-0.1, -0.05) is 6.92 Å². The van der Waals surface area contributed by atoms with E-state index in [1.165, 1.54) is 0 Å². The molecular weight excluding hydrogens is 282 g/mol. The van der Waals surface area contributed by atoms with Gasteiger partial charge in [-0.3, -0.25) is 14.5 Å². The van der Waals surface area contributed by atoms with E-state index in [0.717, 1.165) is 18.2 Å². The number of carboxylic acids is 1. The van der Waals surface area contributed by atoms with E-state index in [1.807, 2.05) is 6.92 Å². The highest BCUT2D eigenvalue weighted by Gasteiger charge is 2.35. The summed E-state index contributed by atoms with van der Waals surface area (Å²) in [5, 5.41) is 11.4. The normalized spacial score (nSPS) is 22.2. The zero-order valence-electron chi connectivity index (χ0n) is 11.5. The predicted molar refractivity (Wildman–Crippen MR) is 71.7 cm³/mol. The molecule has 1 heterocycles. The van der Waals surface area contributed by atoms with Gasteiger partial charge in [0.25, 0.3) is 0 Å². The number of amides is 1. The molecule has 0 saturated carbocycles. The molecule has 0 bridgehead atoms. The van der Waals surface area contributed by atoms with E-state index in [2.05, 4.69) is 5.32 Å². The van der Waals surface area contributed by atoms with Gasteiger partial charge >= 0.3 is 5.97 Å². The summed E-state index contributed by atoms with van der Waals surface area (Å²) in [5.74, 6) is -3.39. The van der Waals surface area contributed by atoms with Gasteiger partial charge in [0.2, 0.25) is 5.91 Å². The summed E-state index contributed by atoms with van der Waals surface area (Å²) in [6, 6.07) is 2.76. The van der Waals surface area contributed by atoms with Crippen molar-refractivity contribution in [2.24, 2.45) is 11.8 Å². The maximum atomic E-state index is 13.0. The van der Waals surface area contributed by atoms with Gasteiger partial charge in [-0.2, -0.15) is 0 Å². The van der Waals surface area contributed by atoms with Crippen molar-refractivity contribution in [1.29, 1.82) is 0 Å². The molecule has 0 aromatic heterocycles. The summed E-state index contributed by atoms with van der Waals surface area (Å²) >= 11 is 0. The minimum absolute atomic E-state index is 0.00769. The van der Waals surface area contributed by atoms with Crippen LogP contribution in [0.2, 0.25) is 0 Å². The molecule has 1 aromatic carbocycles. The first-order chi connectivity index (χ1) is 9.85. The van der Waals surface area contributed by atoms with E-state index in [1.54, 1.807) is 4.90 Å². The third kappa shape index (κ3) is 3.98. The number of nitrogens with zero attached hydrogens (tertiary/aromatic N) is 1. The highest BCUT2D eigenvalue weighted by molar-refractivity contribution is 5.92. The number of carbonyl (C=O) groups is 2. The second kappa shape index (κ2) is 6.17. The van der Waals surface area contributed by atoms with Crippen LogP contribution in [0.25, 0.3) is 0 Å². The number of nitrogens with one attached hydrogen (secondary N) is 1. The molecule has 2 atom stereocenters. The lowest BCUT2D eigenvalue weighted by Gasteiger charge is -2.15. The molecule has 1 amide bonds. The maximum absolute atomic E-state index is 13.0. The molecule has 0 unspecified atom stereocenters. The Kier molecular flexibility index (Phi) is 4.52. The molecule has 7 heteroatoms. The Morgan fingerprint density at radius 3 is 2.43 bits per heavy atom. The van der Waals surface area contributed by atoms with Crippen molar-refractivity contribution in [2.45, 2.75) is 6.92 Å². The first-order valence-corrected chi connectivity index (χ1v) is 6.56. The van der Waals surface area contributed by atoms with Crippen molar-refractivity contribution in [1.82, 2.24) is 4.90 Å². The Bertz CT molecular complexity index is 545. The van der Waals surface area contributed by atoms with E-state index in [0.29, 0.717) is 13.1 Å². The molecule has 0 spiro atoms. The molecule has 0 radical (unpaired) electrons. The minimum atomic E-state index is -0.877. The molecule has 1 fully saturated rings. The van der Waals surface area contributed by atoms with E-state index in [9.17, 15) is 18.4 Å². The molecule has 1 aliphatic heterocycles. The third-order valence-corrected chi connectivity index (χ3v) is 3.52. The maximum Gasteiger partial charge on any atom is 0.308 e. The first kappa shape index (κ1) is 15.4. The van der Waals surface area contributed by atoms with Gasteiger partial charge in [0.15, 0.2) is 0 Å². The first-order valence-electron chi connectivity index (χ1n) is 6.56. The van der Waals surface area contributed by atoms with E-state index < -0.39 is 29.4 Å². The van der Waals surface area contributed by atoms with Crippen molar-refractivity contribution in [3.05, 3.63) is 29.8 Å². The van der Waals surface area contributed by atoms with Gasteiger partial charge in [-0.25, -0.2) is 8.78 Å². The Balaban J connectivity index is 1.92. The van der Waals surface area contributed by atoms with Crippen molar-refractivity contribution < 1.29 is 23.5 Å². The zero-order valence-corrected chi connectivity index (χ0v) is 11.5. The lowest BCUT2D eigenvalue weighted by atomic mass is 9.99. The average Bonchev–Trinajstić information content (AvgIpc) is 2.68. The van der Waals surface area contributed by atoms with Crippen LogP contribution in [0, 0.1) is 23.5 Å². The lowest BCUT2D eigenvalue weighted by molar-refractivity contribution is -0.142. The number of rotatable bonds is 4. The van der Waals surface area contributed by atoms with Crippen LogP contribution in [0.5, 0.6) is 0 Å². The monoisotopic (exact) mass is 298 g/mol. The number of anilines is 1. The number of likely N-dealkylation sites (tertiary alicyclic amines) is 1. The summed E-state index contributed by atoms with van der Waals surface area (Å²) in [4.78, 5) is 24.5. The average molecular weight is 298 g/mol. The van der Waals surface area contributed by atoms with Crippen LogP contribution in [0.3, 0.4) is 0 Å². The van der Waals surface area contributed by atoms with Crippen LogP contribution in [-0.2, 0) is 9.59 Å². The molecule has 2 N–H and O–H groups in total. The largest absolute Gasteiger partial charge is 0.481 e. The van der Waals surface area contributed by atoms with Gasteiger partial charge < -0.3 is 10.4 Å². The minimum Gasteiger partial charge on any atom is -0.481 e. The topological polar surface area (TPSA) is 69.6 Å². The Labute approximate surface area is 120 Å². The molecule has 1 saturated heterocycles. The third-order valence-electron chi connectivity index (χ3n) is 3.52. The summed E-state index contributed by atoms with van der Waals surface area (Å²) < 4.78 is 26.0. The van der Waals surface area contributed by atoms with Gasteiger partial charge in [0.1, 0.15) is 11.6 Å². The van der Waals surface area contributed by atoms with Gasteiger partial charge in [-0.05, 0) is 18.1 Å². The van der Waals surface area contributed by atoms with Crippen LogP contribution >= 0.6 is 0 Å². The van der Waals surface area contributed by atoms with Crippen LogP contribution in [-0.4, -0.2) is 41.5 Å². The summed E-state index contributed by atoms with van der Waals surface area (Å²) in [7, 11) is 0. The zero-order chi connectivity index (χ0) is 15.6. The Morgan fingerprint density at radius 2 is 1.90 bits per heavy atom. The Morgan fingerprint density at radius 1 is 1.29 bits per heavy atom. The van der Waals surface area contributed by atoms with Gasteiger partial charge in [0, 0.05) is 24.8 Å². The second-order valence-corrected chi connectivity index (χ2v) is 5.32. The van der Waals surface area contributed by atoms with Gasteiger partial charge in [-0.15, -0.1) is 0 Å². The van der Waals surface area contributed by atoms with E-state index in [-0.39, 0.29) is 18.2 Å². The van der Waals surface area contributed by atoms with Crippen LogP contribution in [0.15, 0.2) is 18.2 Å². The van der Waals surface area contributed by atoms with Crippen LogP contribution in [0.4, 0.5) is 14.5 Å². The SMILES string of the molecule is C[C@@H]1CN(CC(=O)Nc2cc(F)cc(F)c2)C[C@H]1C(=O)O. The quantitative estimate of drug-likeness (QED) is 0.885. The number of aliphatic carboxylic acids is 1. The summed E-state index contributed by atoms with van der Waals surface area (Å²) in [6.07, 6.45) is 0. The summed E-state index contributed by atoms with van der Waals surface area (Å²) in [5.41, 5.74) is 0.0412. The van der Waals surface area contributed by atoms with E-state index >= 15 is 0 Å². The summed E-state index contributed by atoms with van der Waals surface area (Å²) in [6.45, 7) is 2.61. The smallest absolute Gasteiger partial charge is 0.308 e. The number of carboxylic acid groups (broad SMARTS) is 1. The number of halogens is 2. The fourth-order valence-corrected chi connectivity index (χ4v) is 2.55. The molecule has 1 aliphatic rings. The highest BCUT2D eigenvalue weighted by Crippen LogP contribution is 2.23. The molecule has 21 heavy (non-hydrogen) atoms. The Hall–Kier alpha value is -2.02. The molecule has 2 rings (SSSR count). The number of hydrogen-bond donors (Lipinski definition) is 2. The van der Waals surface area contributed by atoms with Gasteiger partial charge in [0.05, 0.1) is 12.5 Å². The fourth-order valence-electron chi connectivity index (χ4n) is 2.55. The van der Waals surface area contributed by atoms with Crippen molar-refractivity contribution in [3.8, 4) is 0 Å².